The van der Waals surface area contributed by atoms with Crippen LogP contribution in [-0.2, 0) is 11.3 Å². The summed E-state index contributed by atoms with van der Waals surface area (Å²) in [5, 5.41) is 12.5. The predicted octanol–water partition coefficient (Wildman–Crippen LogP) is 3.54. The van der Waals surface area contributed by atoms with Crippen LogP contribution in [0.3, 0.4) is 0 Å². The molecule has 0 aliphatic heterocycles. The molecular formula is C19H27N5OS. The van der Waals surface area contributed by atoms with E-state index in [2.05, 4.69) is 32.0 Å². The fourth-order valence-corrected chi connectivity index (χ4v) is 4.16. The van der Waals surface area contributed by atoms with E-state index in [-0.39, 0.29) is 5.91 Å². The lowest BCUT2D eigenvalue weighted by atomic mass is 9.89. The molecule has 2 aromatic rings. The molecule has 26 heavy (non-hydrogen) atoms. The van der Waals surface area contributed by atoms with E-state index in [1.165, 1.54) is 43.9 Å². The zero-order valence-corrected chi connectivity index (χ0v) is 16.2. The van der Waals surface area contributed by atoms with Gasteiger partial charge in [0.2, 0.25) is 5.91 Å². The molecule has 0 saturated heterocycles. The van der Waals surface area contributed by atoms with Crippen LogP contribution in [-0.4, -0.2) is 38.0 Å². The summed E-state index contributed by atoms with van der Waals surface area (Å²) in [5.41, 5.74) is 0.995. The van der Waals surface area contributed by atoms with Gasteiger partial charge in [-0.25, -0.2) is 0 Å². The van der Waals surface area contributed by atoms with Crippen molar-refractivity contribution in [2.75, 3.05) is 12.3 Å². The van der Waals surface area contributed by atoms with Gasteiger partial charge in [0.1, 0.15) is 0 Å². The Kier molecular flexibility index (Phi) is 7.05. The van der Waals surface area contributed by atoms with Gasteiger partial charge in [-0.05, 0) is 37.3 Å². The molecular weight excluding hydrogens is 346 g/mol. The molecule has 1 saturated carbocycles. The lowest BCUT2D eigenvalue weighted by molar-refractivity contribution is -0.118. The highest BCUT2D eigenvalue weighted by atomic mass is 32.2. The number of carbonyl (C=O) groups is 1. The summed E-state index contributed by atoms with van der Waals surface area (Å²) < 4.78 is 2.09. The van der Waals surface area contributed by atoms with Crippen LogP contribution in [0.5, 0.6) is 0 Å². The maximum atomic E-state index is 12.2. The van der Waals surface area contributed by atoms with Crippen LogP contribution in [0.2, 0.25) is 0 Å². The monoisotopic (exact) mass is 373 g/mol. The number of rotatable bonds is 8. The summed E-state index contributed by atoms with van der Waals surface area (Å²) in [6.45, 7) is 3.77. The minimum Gasteiger partial charge on any atom is -0.355 e. The number of thioether (sulfide) groups is 1. The Morgan fingerprint density at radius 1 is 1.23 bits per heavy atom. The maximum Gasteiger partial charge on any atom is 0.230 e. The van der Waals surface area contributed by atoms with Crippen molar-refractivity contribution in [1.82, 2.24) is 25.1 Å². The van der Waals surface area contributed by atoms with E-state index >= 15 is 0 Å². The van der Waals surface area contributed by atoms with E-state index < -0.39 is 0 Å². The number of nitrogens with zero attached hydrogens (tertiary/aromatic N) is 4. The van der Waals surface area contributed by atoms with E-state index in [1.807, 2.05) is 12.1 Å². The van der Waals surface area contributed by atoms with Gasteiger partial charge in [0, 0.05) is 31.0 Å². The molecule has 1 N–H and O–H groups in total. The molecule has 6 nitrogen and oxygen atoms in total. The van der Waals surface area contributed by atoms with Crippen LogP contribution in [0.25, 0.3) is 11.4 Å². The highest BCUT2D eigenvalue weighted by Crippen LogP contribution is 2.25. The number of pyridine rings is 1. The predicted molar refractivity (Wildman–Crippen MR) is 104 cm³/mol. The summed E-state index contributed by atoms with van der Waals surface area (Å²) in [4.78, 5) is 16.3. The number of aromatic nitrogens is 4. The van der Waals surface area contributed by atoms with Crippen LogP contribution >= 0.6 is 11.8 Å². The molecule has 7 heteroatoms. The first-order chi connectivity index (χ1) is 12.8. The van der Waals surface area contributed by atoms with Crippen LogP contribution in [0.4, 0.5) is 0 Å². The van der Waals surface area contributed by atoms with Gasteiger partial charge in [0.05, 0.1) is 5.75 Å². The molecule has 1 aliphatic carbocycles. The van der Waals surface area contributed by atoms with Gasteiger partial charge in [0.25, 0.3) is 0 Å². The molecule has 0 aromatic carbocycles. The number of hydrogen-bond donors (Lipinski definition) is 1. The molecule has 0 atom stereocenters. The topological polar surface area (TPSA) is 72.7 Å². The van der Waals surface area contributed by atoms with Crippen LogP contribution < -0.4 is 5.32 Å². The number of amides is 1. The molecule has 0 radical (unpaired) electrons. The summed E-state index contributed by atoms with van der Waals surface area (Å²) >= 11 is 1.46. The average molecular weight is 374 g/mol. The lowest BCUT2D eigenvalue weighted by Gasteiger charge is -2.21. The molecule has 1 fully saturated rings. The SMILES string of the molecule is CCCn1c(SCC(=O)NCC2CCCCC2)nnc1-c1ccncc1. The van der Waals surface area contributed by atoms with Gasteiger partial charge >= 0.3 is 0 Å². The van der Waals surface area contributed by atoms with Crippen LogP contribution in [0.15, 0.2) is 29.7 Å². The van der Waals surface area contributed by atoms with Crippen molar-refractivity contribution in [3.05, 3.63) is 24.5 Å². The minimum atomic E-state index is 0.0806. The largest absolute Gasteiger partial charge is 0.355 e. The van der Waals surface area contributed by atoms with E-state index in [9.17, 15) is 4.79 Å². The Morgan fingerprint density at radius 3 is 2.73 bits per heavy atom. The third-order valence-corrected chi connectivity index (χ3v) is 5.71. The highest BCUT2D eigenvalue weighted by Gasteiger charge is 2.17. The Balaban J connectivity index is 1.57. The average Bonchev–Trinajstić information content (AvgIpc) is 3.09. The van der Waals surface area contributed by atoms with Crippen molar-refractivity contribution in [3.63, 3.8) is 0 Å². The fourth-order valence-electron chi connectivity index (χ4n) is 3.37. The molecule has 140 valence electrons. The molecule has 0 spiro atoms. The number of nitrogens with one attached hydrogen (secondary N) is 1. The van der Waals surface area contributed by atoms with Gasteiger partial charge < -0.3 is 9.88 Å². The normalized spacial score (nSPS) is 15.1. The summed E-state index contributed by atoms with van der Waals surface area (Å²) in [6.07, 6.45) is 10.9. The molecule has 0 unspecified atom stereocenters. The Hall–Kier alpha value is -1.89. The van der Waals surface area contributed by atoms with Gasteiger partial charge in [-0.3, -0.25) is 9.78 Å². The molecule has 0 bridgehead atoms. The van der Waals surface area contributed by atoms with E-state index in [0.29, 0.717) is 11.7 Å². The molecule has 2 aromatic heterocycles. The zero-order valence-electron chi connectivity index (χ0n) is 15.4. The molecule has 1 amide bonds. The first kappa shape index (κ1) is 18.9. The minimum absolute atomic E-state index is 0.0806. The Labute approximate surface area is 159 Å². The second-order valence-electron chi connectivity index (χ2n) is 6.79. The van der Waals surface area contributed by atoms with E-state index in [1.54, 1.807) is 12.4 Å². The Bertz CT molecular complexity index is 697. The molecule has 2 heterocycles. The summed E-state index contributed by atoms with van der Waals surface area (Å²) in [6, 6.07) is 3.86. The van der Waals surface area contributed by atoms with Gasteiger partial charge in [-0.15, -0.1) is 10.2 Å². The smallest absolute Gasteiger partial charge is 0.230 e. The third kappa shape index (κ3) is 5.06. The van der Waals surface area contributed by atoms with Crippen molar-refractivity contribution in [2.24, 2.45) is 5.92 Å². The van der Waals surface area contributed by atoms with Gasteiger partial charge in [-0.2, -0.15) is 0 Å². The standard InChI is InChI=1S/C19H27N5OS/c1-2-12-24-18(16-8-10-20-11-9-16)22-23-19(24)26-14-17(25)21-13-15-6-4-3-5-7-15/h8-11,15H,2-7,12-14H2,1H3,(H,21,25). The van der Waals surface area contributed by atoms with Crippen molar-refractivity contribution in [3.8, 4) is 11.4 Å². The fraction of sp³-hybridized carbons (Fsp3) is 0.579. The zero-order chi connectivity index (χ0) is 18.2. The Morgan fingerprint density at radius 2 is 2.00 bits per heavy atom. The van der Waals surface area contributed by atoms with Crippen molar-refractivity contribution < 1.29 is 4.79 Å². The molecule has 1 aliphatic rings. The first-order valence-corrected chi connectivity index (χ1v) is 10.5. The van der Waals surface area contributed by atoms with Gasteiger partial charge in [0.15, 0.2) is 11.0 Å². The summed E-state index contributed by atoms with van der Waals surface area (Å²) in [7, 11) is 0. The quantitative estimate of drug-likeness (QED) is 0.717. The van der Waals surface area contributed by atoms with E-state index in [4.69, 9.17) is 0 Å². The van der Waals surface area contributed by atoms with Crippen molar-refractivity contribution in [2.45, 2.75) is 57.1 Å². The van der Waals surface area contributed by atoms with Gasteiger partial charge in [-0.1, -0.05) is 37.9 Å². The van der Waals surface area contributed by atoms with E-state index in [0.717, 1.165) is 36.1 Å². The van der Waals surface area contributed by atoms with Crippen molar-refractivity contribution in [1.29, 1.82) is 0 Å². The first-order valence-electron chi connectivity index (χ1n) is 9.51. The molecule has 3 rings (SSSR count). The third-order valence-electron chi connectivity index (χ3n) is 4.75. The number of hydrogen-bond acceptors (Lipinski definition) is 5. The van der Waals surface area contributed by atoms with Crippen LogP contribution in [0.1, 0.15) is 45.4 Å². The van der Waals surface area contributed by atoms with Crippen LogP contribution in [0, 0.1) is 5.92 Å². The lowest BCUT2D eigenvalue weighted by Crippen LogP contribution is -2.31. The maximum absolute atomic E-state index is 12.2. The second kappa shape index (κ2) is 9.71. The number of carbonyl (C=O) groups excluding carboxylic acids is 1. The summed E-state index contributed by atoms with van der Waals surface area (Å²) in [5.74, 6) is 1.95. The van der Waals surface area contributed by atoms with Crippen molar-refractivity contribution >= 4 is 17.7 Å². The second-order valence-corrected chi connectivity index (χ2v) is 7.73. The highest BCUT2D eigenvalue weighted by molar-refractivity contribution is 7.99.